The zero-order valence-electron chi connectivity index (χ0n) is 11.7. The van der Waals surface area contributed by atoms with Gasteiger partial charge in [-0.05, 0) is 44.0 Å². The van der Waals surface area contributed by atoms with E-state index in [1.165, 1.54) is 11.3 Å². The van der Waals surface area contributed by atoms with Crippen molar-refractivity contribution in [3.8, 4) is 0 Å². The summed E-state index contributed by atoms with van der Waals surface area (Å²) in [5.74, 6) is 0. The second kappa shape index (κ2) is 6.24. The molecule has 0 spiro atoms. The molecule has 3 nitrogen and oxygen atoms in total. The second-order valence-electron chi connectivity index (χ2n) is 4.66. The predicted octanol–water partition coefficient (Wildman–Crippen LogP) is 3.94. The molecule has 0 aliphatic carbocycles. The standard InChI is InChI=1S/C15H20BrN3/c1-4-15-11(2)18-19(12(15)3)9-8-17-14-7-5-6-13(16)10-14/h5-7,10,17H,4,8-9H2,1-3H3. The number of nitrogens with one attached hydrogen (secondary N) is 1. The van der Waals surface area contributed by atoms with Gasteiger partial charge in [0.05, 0.1) is 12.2 Å². The summed E-state index contributed by atoms with van der Waals surface area (Å²) >= 11 is 3.48. The number of aryl methyl sites for hydroxylation is 1. The molecule has 0 fully saturated rings. The van der Waals surface area contributed by atoms with Crippen LogP contribution < -0.4 is 5.32 Å². The summed E-state index contributed by atoms with van der Waals surface area (Å²) in [6, 6.07) is 8.22. The maximum atomic E-state index is 4.60. The summed E-state index contributed by atoms with van der Waals surface area (Å²) in [5.41, 5.74) is 4.95. The average molecular weight is 322 g/mol. The normalized spacial score (nSPS) is 10.7. The van der Waals surface area contributed by atoms with Crippen molar-refractivity contribution in [3.05, 3.63) is 45.7 Å². The van der Waals surface area contributed by atoms with Gasteiger partial charge < -0.3 is 5.32 Å². The van der Waals surface area contributed by atoms with E-state index in [0.29, 0.717) is 0 Å². The average Bonchev–Trinajstić information content (AvgIpc) is 2.64. The van der Waals surface area contributed by atoms with Gasteiger partial charge in [0.1, 0.15) is 0 Å². The molecule has 1 heterocycles. The van der Waals surface area contributed by atoms with Crippen molar-refractivity contribution >= 4 is 21.6 Å². The number of hydrogen-bond donors (Lipinski definition) is 1. The highest BCUT2D eigenvalue weighted by atomic mass is 79.9. The smallest absolute Gasteiger partial charge is 0.0628 e. The quantitative estimate of drug-likeness (QED) is 0.904. The van der Waals surface area contributed by atoms with Crippen LogP contribution >= 0.6 is 15.9 Å². The number of aromatic nitrogens is 2. The Morgan fingerprint density at radius 3 is 2.74 bits per heavy atom. The van der Waals surface area contributed by atoms with Crippen molar-refractivity contribution in [1.82, 2.24) is 9.78 Å². The molecule has 0 saturated heterocycles. The monoisotopic (exact) mass is 321 g/mol. The first-order valence-corrected chi connectivity index (χ1v) is 7.43. The van der Waals surface area contributed by atoms with Crippen molar-refractivity contribution in [2.24, 2.45) is 0 Å². The largest absolute Gasteiger partial charge is 0.383 e. The fraction of sp³-hybridized carbons (Fsp3) is 0.400. The Kier molecular flexibility index (Phi) is 4.64. The Morgan fingerprint density at radius 2 is 2.11 bits per heavy atom. The fourth-order valence-electron chi connectivity index (χ4n) is 2.37. The van der Waals surface area contributed by atoms with Crippen LogP contribution in [0.5, 0.6) is 0 Å². The lowest BCUT2D eigenvalue weighted by atomic mass is 10.1. The number of benzene rings is 1. The summed E-state index contributed by atoms with van der Waals surface area (Å²) in [6.45, 7) is 8.18. The predicted molar refractivity (Wildman–Crippen MR) is 83.7 cm³/mol. The van der Waals surface area contributed by atoms with E-state index in [0.717, 1.165) is 35.4 Å². The number of hydrogen-bond acceptors (Lipinski definition) is 2. The van der Waals surface area contributed by atoms with Crippen molar-refractivity contribution in [2.45, 2.75) is 33.7 Å². The van der Waals surface area contributed by atoms with Crippen LogP contribution in [0.3, 0.4) is 0 Å². The molecule has 0 amide bonds. The Hall–Kier alpha value is -1.29. The molecule has 0 aliphatic heterocycles. The molecule has 0 atom stereocenters. The van der Waals surface area contributed by atoms with E-state index >= 15 is 0 Å². The molecule has 0 bridgehead atoms. The molecule has 19 heavy (non-hydrogen) atoms. The lowest BCUT2D eigenvalue weighted by Gasteiger charge is -2.08. The zero-order valence-corrected chi connectivity index (χ0v) is 13.3. The van der Waals surface area contributed by atoms with Gasteiger partial charge in [0.25, 0.3) is 0 Å². The van der Waals surface area contributed by atoms with E-state index in [1.807, 2.05) is 12.1 Å². The highest BCUT2D eigenvalue weighted by molar-refractivity contribution is 9.10. The van der Waals surface area contributed by atoms with Gasteiger partial charge in [0, 0.05) is 22.4 Å². The molecule has 2 aromatic rings. The van der Waals surface area contributed by atoms with Crippen LogP contribution in [0.2, 0.25) is 0 Å². The van der Waals surface area contributed by atoms with Gasteiger partial charge in [-0.3, -0.25) is 4.68 Å². The molecule has 0 aliphatic rings. The molecule has 0 saturated carbocycles. The van der Waals surface area contributed by atoms with E-state index in [4.69, 9.17) is 0 Å². The van der Waals surface area contributed by atoms with Crippen molar-refractivity contribution in [2.75, 3.05) is 11.9 Å². The van der Waals surface area contributed by atoms with Crippen LogP contribution in [0.15, 0.2) is 28.7 Å². The summed E-state index contributed by atoms with van der Waals surface area (Å²) in [6.07, 6.45) is 1.05. The third kappa shape index (κ3) is 3.38. The van der Waals surface area contributed by atoms with Crippen LogP contribution in [-0.4, -0.2) is 16.3 Å². The SMILES string of the molecule is CCc1c(C)nn(CCNc2cccc(Br)c2)c1C. The van der Waals surface area contributed by atoms with Crippen LogP contribution in [0.4, 0.5) is 5.69 Å². The van der Waals surface area contributed by atoms with Crippen LogP contribution in [0, 0.1) is 13.8 Å². The summed E-state index contributed by atoms with van der Waals surface area (Å²) in [5, 5.41) is 8.01. The molecule has 1 aromatic carbocycles. The van der Waals surface area contributed by atoms with Gasteiger partial charge in [0.2, 0.25) is 0 Å². The third-order valence-electron chi connectivity index (χ3n) is 3.36. The maximum Gasteiger partial charge on any atom is 0.0628 e. The van der Waals surface area contributed by atoms with E-state index in [1.54, 1.807) is 0 Å². The summed E-state index contributed by atoms with van der Waals surface area (Å²) < 4.78 is 3.19. The maximum absolute atomic E-state index is 4.60. The molecular weight excluding hydrogens is 302 g/mol. The van der Waals surface area contributed by atoms with Crippen molar-refractivity contribution < 1.29 is 0 Å². The van der Waals surface area contributed by atoms with Gasteiger partial charge in [0.15, 0.2) is 0 Å². The van der Waals surface area contributed by atoms with E-state index in [2.05, 4.69) is 63.9 Å². The minimum absolute atomic E-state index is 0.877. The number of halogens is 1. The summed E-state index contributed by atoms with van der Waals surface area (Å²) in [4.78, 5) is 0. The molecule has 2 rings (SSSR count). The Morgan fingerprint density at radius 1 is 1.32 bits per heavy atom. The second-order valence-corrected chi connectivity index (χ2v) is 5.58. The van der Waals surface area contributed by atoms with Gasteiger partial charge in [-0.15, -0.1) is 0 Å². The molecule has 102 valence electrons. The van der Waals surface area contributed by atoms with E-state index in [9.17, 15) is 0 Å². The first-order valence-electron chi connectivity index (χ1n) is 6.64. The molecule has 1 N–H and O–H groups in total. The van der Waals surface area contributed by atoms with Gasteiger partial charge in [-0.2, -0.15) is 5.10 Å². The number of nitrogens with zero attached hydrogens (tertiary/aromatic N) is 2. The lowest BCUT2D eigenvalue weighted by Crippen LogP contribution is -2.13. The summed E-state index contributed by atoms with van der Waals surface area (Å²) in [7, 11) is 0. The third-order valence-corrected chi connectivity index (χ3v) is 3.86. The Labute approximate surface area is 123 Å². The minimum Gasteiger partial charge on any atom is -0.383 e. The highest BCUT2D eigenvalue weighted by Crippen LogP contribution is 2.16. The topological polar surface area (TPSA) is 29.9 Å². The molecule has 4 heteroatoms. The first kappa shape index (κ1) is 14.1. The van der Waals surface area contributed by atoms with Crippen LogP contribution in [-0.2, 0) is 13.0 Å². The van der Waals surface area contributed by atoms with Crippen LogP contribution in [0.1, 0.15) is 23.9 Å². The first-order chi connectivity index (χ1) is 9.11. The van der Waals surface area contributed by atoms with E-state index in [-0.39, 0.29) is 0 Å². The Balaban J connectivity index is 1.96. The molecular formula is C15H20BrN3. The van der Waals surface area contributed by atoms with Crippen LogP contribution in [0.25, 0.3) is 0 Å². The lowest BCUT2D eigenvalue weighted by molar-refractivity contribution is 0.614. The van der Waals surface area contributed by atoms with Crippen molar-refractivity contribution in [1.29, 1.82) is 0 Å². The fourth-order valence-corrected chi connectivity index (χ4v) is 2.77. The molecule has 0 radical (unpaired) electrons. The zero-order chi connectivity index (χ0) is 13.8. The van der Waals surface area contributed by atoms with Gasteiger partial charge in [-0.1, -0.05) is 28.9 Å². The number of rotatable bonds is 5. The van der Waals surface area contributed by atoms with E-state index < -0.39 is 0 Å². The van der Waals surface area contributed by atoms with Gasteiger partial charge >= 0.3 is 0 Å². The molecule has 1 aromatic heterocycles. The number of anilines is 1. The van der Waals surface area contributed by atoms with Gasteiger partial charge in [-0.25, -0.2) is 0 Å². The van der Waals surface area contributed by atoms with Crippen molar-refractivity contribution in [3.63, 3.8) is 0 Å². The Bertz CT molecular complexity index is 561. The minimum atomic E-state index is 0.877. The highest BCUT2D eigenvalue weighted by Gasteiger charge is 2.08. The molecule has 0 unspecified atom stereocenters.